The molecule has 6 heteroatoms. The molecule has 1 aliphatic carbocycles. The summed E-state index contributed by atoms with van der Waals surface area (Å²) in [6, 6.07) is 0. The van der Waals surface area contributed by atoms with Gasteiger partial charge in [-0.3, -0.25) is 4.79 Å². The molecule has 1 aromatic heterocycles. The van der Waals surface area contributed by atoms with Crippen molar-refractivity contribution in [2.24, 2.45) is 5.41 Å². The van der Waals surface area contributed by atoms with Crippen molar-refractivity contribution in [3.63, 3.8) is 0 Å². The second kappa shape index (κ2) is 3.37. The molecule has 1 aromatic rings. The van der Waals surface area contributed by atoms with Crippen molar-refractivity contribution in [2.45, 2.75) is 31.5 Å². The number of carbonyl (C=O) groups is 1. The van der Waals surface area contributed by atoms with Crippen LogP contribution in [0.5, 0.6) is 0 Å². The molecule has 4 nitrogen and oxygen atoms in total. The summed E-state index contributed by atoms with van der Waals surface area (Å²) in [5, 5.41) is 6.50. The molecule has 2 rings (SSSR count). The molecule has 0 spiro atoms. The highest BCUT2D eigenvalue weighted by atomic mass is 35.5. The van der Waals surface area contributed by atoms with Gasteiger partial charge in [-0.1, -0.05) is 5.16 Å². The Kier molecular flexibility index (Phi) is 2.48. The molecule has 1 saturated carbocycles. The van der Waals surface area contributed by atoms with Crippen molar-refractivity contribution in [3.05, 3.63) is 11.5 Å². The first-order valence-electron chi connectivity index (χ1n) is 4.90. The molecule has 1 aliphatic rings. The number of carbonyl (C=O) groups excluding carboxylic acids is 1. The second-order valence-corrected chi connectivity index (χ2v) is 5.85. The van der Waals surface area contributed by atoms with Crippen molar-refractivity contribution >= 4 is 34.8 Å². The van der Waals surface area contributed by atoms with Crippen molar-refractivity contribution in [1.29, 1.82) is 0 Å². The van der Waals surface area contributed by atoms with E-state index in [4.69, 9.17) is 27.7 Å². The Morgan fingerprint density at radius 2 is 2.06 bits per heavy atom. The second-order valence-electron chi connectivity index (χ2n) is 4.37. The number of hydrogen-bond acceptors (Lipinski definition) is 3. The average Bonchev–Trinajstić information content (AvgIpc) is 2.55. The number of nitrogens with zero attached hydrogens (tertiary/aromatic N) is 1. The Morgan fingerprint density at radius 3 is 2.44 bits per heavy atom. The standard InChI is InChI=1S/C10H12Cl2N2O2/c1-5-7(6(2)16-14-5)13-8(15)9(3)4-10(9,11)12/h4H2,1-3H3,(H,13,15)/t9-/m1/s1. The molecule has 1 amide bonds. The van der Waals surface area contributed by atoms with Gasteiger partial charge in [-0.2, -0.15) is 0 Å². The lowest BCUT2D eigenvalue weighted by Crippen LogP contribution is -2.26. The number of anilines is 1. The molecular formula is C10H12Cl2N2O2. The van der Waals surface area contributed by atoms with Gasteiger partial charge in [-0.05, 0) is 27.2 Å². The van der Waals surface area contributed by atoms with E-state index in [1.54, 1.807) is 20.8 Å². The van der Waals surface area contributed by atoms with E-state index in [-0.39, 0.29) is 5.91 Å². The van der Waals surface area contributed by atoms with Gasteiger partial charge in [0, 0.05) is 0 Å². The summed E-state index contributed by atoms with van der Waals surface area (Å²) in [4.78, 5) is 12.0. The predicted octanol–water partition coefficient (Wildman–Crippen LogP) is 2.81. The van der Waals surface area contributed by atoms with Gasteiger partial charge in [0.15, 0.2) is 5.76 Å². The number of alkyl halides is 2. The summed E-state index contributed by atoms with van der Waals surface area (Å²) in [5.41, 5.74) is 0.513. The minimum Gasteiger partial charge on any atom is -0.359 e. The van der Waals surface area contributed by atoms with Gasteiger partial charge < -0.3 is 9.84 Å². The van der Waals surface area contributed by atoms with Crippen LogP contribution >= 0.6 is 23.2 Å². The number of aryl methyl sites for hydroxylation is 2. The molecule has 1 heterocycles. The first-order valence-corrected chi connectivity index (χ1v) is 5.66. The lowest BCUT2D eigenvalue weighted by molar-refractivity contribution is -0.120. The third-order valence-electron chi connectivity index (χ3n) is 3.03. The number of nitrogens with one attached hydrogen (secondary N) is 1. The smallest absolute Gasteiger partial charge is 0.233 e. The molecule has 0 saturated heterocycles. The molecule has 88 valence electrons. The zero-order chi connectivity index (χ0) is 12.1. The van der Waals surface area contributed by atoms with Gasteiger partial charge in [0.05, 0.1) is 5.41 Å². The third kappa shape index (κ3) is 1.60. The fourth-order valence-corrected chi connectivity index (χ4v) is 2.27. The molecule has 1 fully saturated rings. The third-order valence-corrected chi connectivity index (χ3v) is 4.13. The van der Waals surface area contributed by atoms with Crippen molar-refractivity contribution in [1.82, 2.24) is 5.16 Å². The monoisotopic (exact) mass is 262 g/mol. The van der Waals surface area contributed by atoms with E-state index >= 15 is 0 Å². The van der Waals surface area contributed by atoms with Crippen LogP contribution in [0.25, 0.3) is 0 Å². The maximum atomic E-state index is 12.0. The Balaban J connectivity index is 2.16. The van der Waals surface area contributed by atoms with Gasteiger partial charge >= 0.3 is 0 Å². The van der Waals surface area contributed by atoms with Crippen molar-refractivity contribution in [2.75, 3.05) is 5.32 Å². The number of amides is 1. The van der Waals surface area contributed by atoms with Crippen molar-refractivity contribution < 1.29 is 9.32 Å². The summed E-state index contributed by atoms with van der Waals surface area (Å²) in [6.07, 6.45) is 0.457. The van der Waals surface area contributed by atoms with Crippen LogP contribution in [0, 0.1) is 19.3 Å². The Morgan fingerprint density at radius 1 is 1.50 bits per heavy atom. The zero-order valence-electron chi connectivity index (χ0n) is 9.23. The Hall–Kier alpha value is -0.740. The SMILES string of the molecule is Cc1noc(C)c1NC(=O)[C@@]1(C)CC1(Cl)Cl. The normalized spacial score (nSPS) is 26.6. The summed E-state index contributed by atoms with van der Waals surface area (Å²) >= 11 is 11.9. The van der Waals surface area contributed by atoms with E-state index in [2.05, 4.69) is 10.5 Å². The van der Waals surface area contributed by atoms with Gasteiger partial charge in [0.1, 0.15) is 15.7 Å². The number of aromatic nitrogens is 1. The topological polar surface area (TPSA) is 55.1 Å². The fourth-order valence-electron chi connectivity index (χ4n) is 1.56. The van der Waals surface area contributed by atoms with Crippen LogP contribution < -0.4 is 5.32 Å². The van der Waals surface area contributed by atoms with Crippen molar-refractivity contribution in [3.8, 4) is 0 Å². The Labute approximate surface area is 103 Å². The van der Waals surface area contributed by atoms with Gasteiger partial charge in [-0.15, -0.1) is 23.2 Å². The van der Waals surface area contributed by atoms with E-state index in [1.807, 2.05) is 0 Å². The highest BCUT2D eigenvalue weighted by Gasteiger charge is 2.68. The Bertz CT molecular complexity index is 436. The van der Waals surface area contributed by atoms with E-state index < -0.39 is 9.75 Å². The zero-order valence-corrected chi connectivity index (χ0v) is 10.7. The van der Waals surface area contributed by atoms with Crippen LogP contribution in [-0.4, -0.2) is 15.4 Å². The minimum absolute atomic E-state index is 0.202. The van der Waals surface area contributed by atoms with Gasteiger partial charge in [0.25, 0.3) is 0 Å². The molecule has 0 unspecified atom stereocenters. The highest BCUT2D eigenvalue weighted by Crippen LogP contribution is 2.64. The first-order chi connectivity index (χ1) is 7.28. The molecule has 1 atom stereocenters. The van der Waals surface area contributed by atoms with Crippen LogP contribution in [0.1, 0.15) is 24.8 Å². The van der Waals surface area contributed by atoms with Crippen LogP contribution in [0.3, 0.4) is 0 Å². The largest absolute Gasteiger partial charge is 0.359 e. The van der Waals surface area contributed by atoms with Crippen LogP contribution in [-0.2, 0) is 4.79 Å². The number of rotatable bonds is 2. The summed E-state index contributed by atoms with van der Waals surface area (Å²) in [5.74, 6) is 0.372. The van der Waals surface area contributed by atoms with Crippen LogP contribution in [0.15, 0.2) is 4.52 Å². The van der Waals surface area contributed by atoms with E-state index in [1.165, 1.54) is 0 Å². The molecule has 16 heavy (non-hydrogen) atoms. The maximum absolute atomic E-state index is 12.0. The molecule has 0 radical (unpaired) electrons. The van der Waals surface area contributed by atoms with E-state index in [0.717, 1.165) is 0 Å². The van der Waals surface area contributed by atoms with Gasteiger partial charge in [-0.25, -0.2) is 0 Å². The maximum Gasteiger partial charge on any atom is 0.233 e. The molecule has 0 aliphatic heterocycles. The van der Waals surface area contributed by atoms with Crippen LogP contribution in [0.2, 0.25) is 0 Å². The first kappa shape index (κ1) is 11.7. The summed E-state index contributed by atoms with van der Waals surface area (Å²) < 4.78 is 3.99. The number of hydrogen-bond donors (Lipinski definition) is 1. The summed E-state index contributed by atoms with van der Waals surface area (Å²) in [6.45, 7) is 5.23. The predicted molar refractivity (Wildman–Crippen MR) is 61.8 cm³/mol. The quantitative estimate of drug-likeness (QED) is 0.834. The molecular weight excluding hydrogens is 251 g/mol. The highest BCUT2D eigenvalue weighted by molar-refractivity contribution is 6.53. The van der Waals surface area contributed by atoms with E-state index in [0.29, 0.717) is 23.6 Å². The lowest BCUT2D eigenvalue weighted by atomic mass is 10.1. The minimum atomic E-state index is -0.962. The summed E-state index contributed by atoms with van der Waals surface area (Å²) in [7, 11) is 0. The average molecular weight is 263 g/mol. The van der Waals surface area contributed by atoms with E-state index in [9.17, 15) is 4.79 Å². The lowest BCUT2D eigenvalue weighted by Gasteiger charge is -2.11. The van der Waals surface area contributed by atoms with Crippen LogP contribution in [0.4, 0.5) is 5.69 Å². The molecule has 0 bridgehead atoms. The molecule has 0 aromatic carbocycles. The fraction of sp³-hybridized carbons (Fsp3) is 0.600. The van der Waals surface area contributed by atoms with Gasteiger partial charge in [0.2, 0.25) is 5.91 Å². The number of halogens is 2. The molecule has 1 N–H and O–H groups in total.